The lowest BCUT2D eigenvalue weighted by Crippen LogP contribution is -1.91. The van der Waals surface area contributed by atoms with E-state index < -0.39 is 0 Å². The monoisotopic (exact) mass is 380 g/mol. The average molecular weight is 381 g/mol. The van der Waals surface area contributed by atoms with Crippen LogP contribution in [-0.2, 0) is 0 Å². The molecular weight excluding hydrogens is 371 g/mol. The van der Waals surface area contributed by atoms with Crippen molar-refractivity contribution in [3.8, 4) is 6.07 Å². The second-order valence-electron chi connectivity index (χ2n) is 3.98. The number of aryl methyl sites for hydroxylation is 1. The van der Waals surface area contributed by atoms with E-state index in [9.17, 15) is 5.26 Å². The highest BCUT2D eigenvalue weighted by atomic mass is 127. The third-order valence-electron chi connectivity index (χ3n) is 2.71. The van der Waals surface area contributed by atoms with Crippen LogP contribution in [0.4, 0.5) is 0 Å². The Hall–Kier alpha value is -1.38. The predicted molar refractivity (Wildman–Crippen MR) is 86.4 cm³/mol. The maximum absolute atomic E-state index is 9.35. The number of hydrogen-bond acceptors (Lipinski definition) is 2. The van der Waals surface area contributed by atoms with Crippen molar-refractivity contribution in [2.75, 3.05) is 0 Å². The summed E-state index contributed by atoms with van der Waals surface area (Å²) in [4.78, 5) is 4.02. The molecule has 19 heavy (non-hydrogen) atoms. The molecule has 0 aliphatic heterocycles. The molecule has 1 heterocycles. The van der Waals surface area contributed by atoms with Crippen LogP contribution in [0.1, 0.15) is 16.7 Å². The Labute approximate surface area is 130 Å². The first-order chi connectivity index (χ1) is 9.15. The minimum absolute atomic E-state index is 0.443. The molecule has 0 atom stereocenters. The Kier molecular flexibility index (Phi) is 4.56. The summed E-state index contributed by atoms with van der Waals surface area (Å²) in [5, 5.41) is 9.81. The van der Waals surface area contributed by atoms with Gasteiger partial charge in [-0.3, -0.25) is 4.98 Å². The third kappa shape index (κ3) is 2.96. The molecule has 2 rings (SSSR count). The maximum Gasteiger partial charge on any atom is 0.101 e. The zero-order valence-electron chi connectivity index (χ0n) is 10.2. The quantitative estimate of drug-likeness (QED) is 0.563. The minimum Gasteiger partial charge on any atom is -0.264 e. The van der Waals surface area contributed by atoms with Crippen molar-refractivity contribution in [3.05, 3.63) is 63.0 Å². The van der Waals surface area contributed by atoms with E-state index in [2.05, 4.69) is 33.6 Å². The van der Waals surface area contributed by atoms with Crippen LogP contribution in [0.25, 0.3) is 10.6 Å². The van der Waals surface area contributed by atoms with Crippen molar-refractivity contribution in [2.24, 2.45) is 0 Å². The normalized spacial score (nSPS) is 11.7. The van der Waals surface area contributed by atoms with Gasteiger partial charge in [0.2, 0.25) is 0 Å². The van der Waals surface area contributed by atoms with Crippen LogP contribution in [0.5, 0.6) is 0 Å². The number of aromatic nitrogens is 1. The largest absolute Gasteiger partial charge is 0.264 e. The summed E-state index contributed by atoms with van der Waals surface area (Å²) in [6.45, 7) is 2.02. The number of nitriles is 1. The van der Waals surface area contributed by atoms with E-state index in [1.165, 1.54) is 0 Å². The lowest BCUT2D eigenvalue weighted by Gasteiger charge is -2.08. The predicted octanol–water partition coefficient (Wildman–Crippen LogP) is 4.63. The van der Waals surface area contributed by atoms with Crippen molar-refractivity contribution in [2.45, 2.75) is 6.92 Å². The maximum atomic E-state index is 9.35. The van der Waals surface area contributed by atoms with Crippen LogP contribution in [-0.4, -0.2) is 4.98 Å². The molecule has 0 fully saturated rings. The van der Waals surface area contributed by atoms with Crippen LogP contribution in [0, 0.1) is 21.8 Å². The van der Waals surface area contributed by atoms with Gasteiger partial charge in [0.15, 0.2) is 0 Å². The second kappa shape index (κ2) is 6.18. The van der Waals surface area contributed by atoms with E-state index in [0.29, 0.717) is 10.6 Å². The number of hydrogen-bond donors (Lipinski definition) is 0. The Morgan fingerprint density at radius 1 is 1.32 bits per heavy atom. The smallest absolute Gasteiger partial charge is 0.101 e. The molecule has 1 aromatic heterocycles. The fourth-order valence-corrected chi connectivity index (χ4v) is 2.80. The fraction of sp³-hybridized carbons (Fsp3) is 0.0667. The van der Waals surface area contributed by atoms with Crippen LogP contribution < -0.4 is 0 Å². The highest BCUT2D eigenvalue weighted by Crippen LogP contribution is 2.32. The van der Waals surface area contributed by atoms with Gasteiger partial charge in [0.25, 0.3) is 0 Å². The summed E-state index contributed by atoms with van der Waals surface area (Å²) < 4.78 is 1.06. The summed E-state index contributed by atoms with van der Waals surface area (Å²) in [6, 6.07) is 11.7. The van der Waals surface area contributed by atoms with Crippen LogP contribution >= 0.6 is 34.2 Å². The Morgan fingerprint density at radius 3 is 2.74 bits per heavy atom. The molecule has 94 valence electrons. The molecule has 2 aromatic rings. The van der Waals surface area contributed by atoms with Gasteiger partial charge in [-0.2, -0.15) is 5.26 Å². The van der Waals surface area contributed by atoms with Crippen LogP contribution in [0.2, 0.25) is 0 Å². The fourth-order valence-electron chi connectivity index (χ4n) is 1.70. The van der Waals surface area contributed by atoms with Crippen LogP contribution in [0.15, 0.2) is 42.7 Å². The lowest BCUT2D eigenvalue weighted by molar-refractivity contribution is 1.31. The molecule has 0 spiro atoms. The molecule has 0 saturated carbocycles. The standard InChI is InChI=1S/C15H10ClIN2/c1-10-4-2-6-12(15(10)17)14(16)13(8-18)11-5-3-7-19-9-11/h2-7,9H,1H3/b14-13+. The number of halogens is 2. The summed E-state index contributed by atoms with van der Waals surface area (Å²) in [5.41, 5.74) is 3.19. The van der Waals surface area contributed by atoms with E-state index in [4.69, 9.17) is 11.6 Å². The first-order valence-electron chi connectivity index (χ1n) is 5.61. The number of nitrogens with zero attached hydrogens (tertiary/aromatic N) is 2. The summed E-state index contributed by atoms with van der Waals surface area (Å²) in [7, 11) is 0. The molecule has 0 aliphatic carbocycles. The van der Waals surface area contributed by atoms with Gasteiger partial charge in [0.1, 0.15) is 6.07 Å². The highest BCUT2D eigenvalue weighted by Gasteiger charge is 2.13. The van der Waals surface area contributed by atoms with E-state index in [0.717, 1.165) is 20.3 Å². The summed E-state index contributed by atoms with van der Waals surface area (Å²) in [5.74, 6) is 0. The van der Waals surface area contributed by atoms with Gasteiger partial charge in [-0.1, -0.05) is 35.9 Å². The third-order valence-corrected chi connectivity index (χ3v) is 4.53. The summed E-state index contributed by atoms with van der Waals surface area (Å²) >= 11 is 8.65. The number of benzene rings is 1. The molecule has 0 saturated heterocycles. The van der Waals surface area contributed by atoms with Crippen molar-refractivity contribution < 1.29 is 0 Å². The first kappa shape index (κ1) is 14.0. The molecular formula is C15H10ClIN2. The van der Waals surface area contributed by atoms with Crippen molar-refractivity contribution >= 4 is 44.8 Å². The van der Waals surface area contributed by atoms with Crippen LogP contribution in [0.3, 0.4) is 0 Å². The van der Waals surface area contributed by atoms with Gasteiger partial charge in [-0.05, 0) is 41.1 Å². The van der Waals surface area contributed by atoms with Gasteiger partial charge in [-0.15, -0.1) is 0 Å². The zero-order chi connectivity index (χ0) is 13.8. The molecule has 0 N–H and O–H groups in total. The molecule has 0 bridgehead atoms. The van der Waals surface area contributed by atoms with Crippen molar-refractivity contribution in [1.29, 1.82) is 5.26 Å². The molecule has 4 heteroatoms. The highest BCUT2D eigenvalue weighted by molar-refractivity contribution is 14.1. The van der Waals surface area contributed by atoms with E-state index >= 15 is 0 Å². The number of pyridine rings is 1. The molecule has 1 aromatic carbocycles. The van der Waals surface area contributed by atoms with Gasteiger partial charge in [0, 0.05) is 27.1 Å². The summed E-state index contributed by atoms with van der Waals surface area (Å²) in [6.07, 6.45) is 3.31. The number of rotatable bonds is 2. The van der Waals surface area contributed by atoms with Crippen molar-refractivity contribution in [1.82, 2.24) is 4.98 Å². The average Bonchev–Trinajstić information content (AvgIpc) is 2.44. The first-order valence-corrected chi connectivity index (χ1v) is 7.06. The van der Waals surface area contributed by atoms with E-state index in [1.54, 1.807) is 18.5 Å². The zero-order valence-corrected chi connectivity index (χ0v) is 13.1. The van der Waals surface area contributed by atoms with Gasteiger partial charge in [0.05, 0.1) is 10.6 Å². The van der Waals surface area contributed by atoms with E-state index in [1.807, 2.05) is 31.2 Å². The van der Waals surface area contributed by atoms with E-state index in [-0.39, 0.29) is 0 Å². The van der Waals surface area contributed by atoms with Gasteiger partial charge in [-0.25, -0.2) is 0 Å². The van der Waals surface area contributed by atoms with Gasteiger partial charge >= 0.3 is 0 Å². The molecule has 2 nitrogen and oxygen atoms in total. The molecule has 0 amide bonds. The Morgan fingerprint density at radius 2 is 2.11 bits per heavy atom. The lowest BCUT2D eigenvalue weighted by atomic mass is 10.0. The molecule has 0 radical (unpaired) electrons. The molecule has 0 unspecified atom stereocenters. The minimum atomic E-state index is 0.443. The Bertz CT molecular complexity index is 672. The number of allylic oxidation sites excluding steroid dienone is 1. The SMILES string of the molecule is Cc1cccc(/C(Cl)=C(/C#N)c2cccnc2)c1I. The Balaban J connectivity index is 2.63. The second-order valence-corrected chi connectivity index (χ2v) is 5.44. The van der Waals surface area contributed by atoms with Crippen molar-refractivity contribution in [3.63, 3.8) is 0 Å². The topological polar surface area (TPSA) is 36.7 Å². The molecule has 0 aliphatic rings. The van der Waals surface area contributed by atoms with Gasteiger partial charge < -0.3 is 0 Å².